The number of nitrogens with one attached hydrogen (secondary N) is 1. The van der Waals surface area contributed by atoms with E-state index in [0.29, 0.717) is 13.0 Å². The van der Waals surface area contributed by atoms with Crippen LogP contribution in [0.3, 0.4) is 0 Å². The fourth-order valence-corrected chi connectivity index (χ4v) is 4.25. The molecule has 13 nitrogen and oxygen atoms in total. The fraction of sp³-hybridized carbons (Fsp3) is 0.667. The van der Waals surface area contributed by atoms with Crippen molar-refractivity contribution >= 4 is 30.6 Å². The van der Waals surface area contributed by atoms with Crippen molar-refractivity contribution in [2.75, 3.05) is 51.0 Å². The molecule has 0 saturated carbocycles. The monoisotopic (exact) mass is 484 g/mol. The van der Waals surface area contributed by atoms with Gasteiger partial charge < -0.3 is 40.9 Å². The molecule has 0 aromatic carbocycles. The number of hydrogen-bond acceptors (Lipinski definition) is 10. The predicted molar refractivity (Wildman–Crippen MR) is 124 cm³/mol. The predicted octanol–water partition coefficient (Wildman–Crippen LogP) is -0.674. The average molecular weight is 485 g/mol. The fourth-order valence-electron chi connectivity index (χ4n) is 4.25. The van der Waals surface area contributed by atoms with Gasteiger partial charge in [0.2, 0.25) is 11.9 Å². The zero-order chi connectivity index (χ0) is 25.9. The minimum Gasteiger partial charge on any atom is -0.483 e. The number of anilines is 2. The second-order valence-electron chi connectivity index (χ2n) is 8.81. The van der Waals surface area contributed by atoms with E-state index in [2.05, 4.69) is 20.2 Å². The third-order valence-electron chi connectivity index (χ3n) is 5.71. The van der Waals surface area contributed by atoms with Crippen molar-refractivity contribution in [2.45, 2.75) is 50.4 Å². The van der Waals surface area contributed by atoms with E-state index in [4.69, 9.17) is 30.3 Å². The highest BCUT2D eigenvalue weighted by molar-refractivity contribution is 5.78. The number of likely N-dealkylation sites (N-methyl/N-ethyl adjacent to an activating group) is 1. The van der Waals surface area contributed by atoms with E-state index in [0.717, 1.165) is 37.4 Å². The van der Waals surface area contributed by atoms with Crippen LogP contribution >= 0.6 is 0 Å². The SMILES string of the molecule is Cc1cc(N2CCC3(CC2)C[C@@](C)(NC(=O)CN(C)C)[C@H](O)CO3)nc(N)n1.O=CO.O=CO. The molecule has 6 N–H and O–H groups in total. The number of aryl methyl sites for hydroxylation is 1. The molecule has 1 aromatic heterocycles. The summed E-state index contributed by atoms with van der Waals surface area (Å²) in [6, 6.07) is 1.94. The maximum Gasteiger partial charge on any atom is 0.290 e. The summed E-state index contributed by atoms with van der Waals surface area (Å²) < 4.78 is 6.11. The number of nitrogens with zero attached hydrogens (tertiary/aromatic N) is 4. The summed E-state index contributed by atoms with van der Waals surface area (Å²) >= 11 is 0. The summed E-state index contributed by atoms with van der Waals surface area (Å²) in [7, 11) is 3.70. The number of piperidine rings is 1. The second kappa shape index (κ2) is 13.0. The molecule has 1 amide bonds. The first-order valence-corrected chi connectivity index (χ1v) is 10.7. The van der Waals surface area contributed by atoms with Crippen LogP contribution in [0.4, 0.5) is 11.8 Å². The second-order valence-corrected chi connectivity index (χ2v) is 8.81. The Balaban J connectivity index is 0.000000872. The van der Waals surface area contributed by atoms with Gasteiger partial charge in [0.1, 0.15) is 11.9 Å². The highest BCUT2D eigenvalue weighted by Crippen LogP contribution is 2.40. The van der Waals surface area contributed by atoms with Gasteiger partial charge in [-0.05, 0) is 40.8 Å². The van der Waals surface area contributed by atoms with Crippen LogP contribution in [0, 0.1) is 6.92 Å². The Morgan fingerprint density at radius 1 is 1.29 bits per heavy atom. The number of aliphatic hydroxyl groups excluding tert-OH is 1. The van der Waals surface area contributed by atoms with Crippen LogP contribution < -0.4 is 16.0 Å². The molecule has 34 heavy (non-hydrogen) atoms. The number of amides is 1. The third-order valence-corrected chi connectivity index (χ3v) is 5.71. The zero-order valence-corrected chi connectivity index (χ0v) is 20.1. The van der Waals surface area contributed by atoms with E-state index in [-0.39, 0.29) is 37.0 Å². The highest BCUT2D eigenvalue weighted by atomic mass is 16.5. The van der Waals surface area contributed by atoms with Gasteiger partial charge in [0.05, 0.1) is 24.3 Å². The third kappa shape index (κ3) is 8.39. The van der Waals surface area contributed by atoms with Crippen molar-refractivity contribution < 1.29 is 34.4 Å². The van der Waals surface area contributed by atoms with Crippen molar-refractivity contribution in [3.63, 3.8) is 0 Å². The lowest BCUT2D eigenvalue weighted by molar-refractivity contribution is -0.172. The molecule has 2 saturated heterocycles. The Morgan fingerprint density at radius 3 is 2.35 bits per heavy atom. The number of aromatic nitrogens is 2. The van der Waals surface area contributed by atoms with Crippen molar-refractivity contribution in [2.24, 2.45) is 0 Å². The lowest BCUT2D eigenvalue weighted by atomic mass is 9.74. The highest BCUT2D eigenvalue weighted by Gasteiger charge is 2.50. The number of carbonyl (C=O) groups is 3. The Kier molecular flexibility index (Phi) is 11.1. The van der Waals surface area contributed by atoms with E-state index in [1.165, 1.54) is 0 Å². The Labute approximate surface area is 198 Å². The van der Waals surface area contributed by atoms with Gasteiger partial charge >= 0.3 is 0 Å². The maximum atomic E-state index is 12.3. The first-order valence-electron chi connectivity index (χ1n) is 10.7. The van der Waals surface area contributed by atoms with Gasteiger partial charge in [-0.25, -0.2) is 4.98 Å². The molecular formula is C21H36N6O7. The van der Waals surface area contributed by atoms with Gasteiger partial charge in [-0.3, -0.25) is 14.4 Å². The van der Waals surface area contributed by atoms with Crippen LogP contribution in [0.1, 0.15) is 31.9 Å². The maximum absolute atomic E-state index is 12.3. The van der Waals surface area contributed by atoms with Crippen LogP contribution in [0.25, 0.3) is 0 Å². The first-order chi connectivity index (χ1) is 15.9. The topological polar surface area (TPSA) is 191 Å². The van der Waals surface area contributed by atoms with E-state index in [1.807, 2.05) is 38.9 Å². The molecular weight excluding hydrogens is 448 g/mol. The number of hydrogen-bond donors (Lipinski definition) is 5. The van der Waals surface area contributed by atoms with E-state index in [9.17, 15) is 9.90 Å². The zero-order valence-electron chi connectivity index (χ0n) is 20.1. The van der Waals surface area contributed by atoms with E-state index >= 15 is 0 Å². The molecule has 0 radical (unpaired) electrons. The molecule has 2 atom stereocenters. The molecule has 2 fully saturated rings. The normalized spacial score (nSPS) is 23.1. The van der Waals surface area contributed by atoms with Crippen LogP contribution in [0.2, 0.25) is 0 Å². The van der Waals surface area contributed by atoms with Gasteiger partial charge in [-0.15, -0.1) is 0 Å². The number of carboxylic acid groups (broad SMARTS) is 2. The van der Waals surface area contributed by atoms with Crippen LogP contribution in [-0.4, -0.2) is 107 Å². The Bertz CT molecular complexity index is 791. The quantitative estimate of drug-likeness (QED) is 0.339. The molecule has 2 aliphatic rings. The number of ether oxygens (including phenoxy) is 1. The molecule has 1 aromatic rings. The largest absolute Gasteiger partial charge is 0.483 e. The number of nitrogens with two attached hydrogens (primary N) is 1. The van der Waals surface area contributed by atoms with Gasteiger partial charge in [-0.1, -0.05) is 0 Å². The molecule has 0 aliphatic carbocycles. The summed E-state index contributed by atoms with van der Waals surface area (Å²) in [5.74, 6) is 1.02. The summed E-state index contributed by atoms with van der Waals surface area (Å²) in [5, 5.41) is 27.3. The van der Waals surface area contributed by atoms with Crippen molar-refractivity contribution in [3.8, 4) is 0 Å². The lowest BCUT2D eigenvalue weighted by Crippen LogP contribution is -2.66. The van der Waals surface area contributed by atoms with Gasteiger partial charge in [0.15, 0.2) is 0 Å². The minimum absolute atomic E-state index is 0.0898. The molecule has 3 rings (SSSR count). The van der Waals surface area contributed by atoms with Crippen LogP contribution in [-0.2, 0) is 19.1 Å². The van der Waals surface area contributed by atoms with Crippen molar-refractivity contribution in [3.05, 3.63) is 11.8 Å². The molecule has 3 heterocycles. The smallest absolute Gasteiger partial charge is 0.290 e. The molecule has 1 spiro atoms. The van der Waals surface area contributed by atoms with Crippen LogP contribution in [0.15, 0.2) is 6.07 Å². The summed E-state index contributed by atoms with van der Waals surface area (Å²) in [6.07, 6.45) is 1.44. The number of nitrogen functional groups attached to an aromatic ring is 1. The van der Waals surface area contributed by atoms with E-state index in [1.54, 1.807) is 0 Å². The molecule has 2 aliphatic heterocycles. The standard InChI is InChI=1S/C19H32N6O3.2CH2O2/c1-13-9-15(22-17(20)21-13)25-7-5-19(6-8-25)12-18(2,14(26)11-28-19)23-16(27)10-24(3)4;2*2-1-3/h9,14,26H,5-8,10-12H2,1-4H3,(H,23,27)(H2,20,21,22);2*1H,(H,2,3)/t14-,18-;;/m1../s1. The summed E-state index contributed by atoms with van der Waals surface area (Å²) in [6.45, 7) is 5.37. The molecule has 0 bridgehead atoms. The van der Waals surface area contributed by atoms with Gasteiger partial charge in [0, 0.05) is 31.3 Å². The van der Waals surface area contributed by atoms with Gasteiger partial charge in [-0.2, -0.15) is 4.98 Å². The van der Waals surface area contributed by atoms with Gasteiger partial charge in [0.25, 0.3) is 12.9 Å². The van der Waals surface area contributed by atoms with E-state index < -0.39 is 11.6 Å². The molecule has 13 heteroatoms. The van der Waals surface area contributed by atoms with Crippen molar-refractivity contribution in [1.29, 1.82) is 0 Å². The summed E-state index contributed by atoms with van der Waals surface area (Å²) in [4.78, 5) is 41.5. The Morgan fingerprint density at radius 2 is 1.85 bits per heavy atom. The molecule has 192 valence electrons. The number of carbonyl (C=O) groups excluding carboxylic acids is 1. The van der Waals surface area contributed by atoms with Crippen molar-refractivity contribution in [1.82, 2.24) is 20.2 Å². The average Bonchev–Trinajstić information content (AvgIpc) is 2.71. The lowest BCUT2D eigenvalue weighted by Gasteiger charge is -2.52. The summed E-state index contributed by atoms with van der Waals surface area (Å²) in [5.41, 5.74) is 5.57. The molecule has 0 unspecified atom stereocenters. The number of aliphatic hydroxyl groups is 1. The Hall–Kier alpha value is -3.03. The first kappa shape index (κ1) is 29.0. The minimum atomic E-state index is -0.730. The number of rotatable bonds is 4. The van der Waals surface area contributed by atoms with Crippen LogP contribution in [0.5, 0.6) is 0 Å².